The molecule has 1 fully saturated rings. The second-order valence-electron chi connectivity index (χ2n) is 5.87. The number of rotatable bonds is 5. The van der Waals surface area contributed by atoms with Crippen molar-refractivity contribution >= 4 is 25.8 Å². The first-order chi connectivity index (χ1) is 10.6. The maximum atomic E-state index is 12.3. The molecule has 1 aliphatic rings. The van der Waals surface area contributed by atoms with Crippen LogP contribution in [0, 0.1) is 0 Å². The van der Waals surface area contributed by atoms with Crippen molar-refractivity contribution in [2.24, 2.45) is 0 Å². The van der Waals surface area contributed by atoms with E-state index in [-0.39, 0.29) is 34.8 Å². The molecule has 0 bridgehead atoms. The first-order valence-electron chi connectivity index (χ1n) is 7.23. The molecule has 0 radical (unpaired) electrons. The molecule has 1 aromatic carbocycles. The van der Waals surface area contributed by atoms with Crippen molar-refractivity contribution < 1.29 is 21.6 Å². The van der Waals surface area contributed by atoms with Crippen LogP contribution in [0.5, 0.6) is 0 Å². The van der Waals surface area contributed by atoms with E-state index in [2.05, 4.69) is 10.0 Å². The van der Waals surface area contributed by atoms with E-state index in [1.54, 1.807) is 0 Å². The minimum Gasteiger partial charge on any atom is -0.350 e. The molecule has 1 saturated heterocycles. The summed E-state index contributed by atoms with van der Waals surface area (Å²) in [7, 11) is -6.96. The highest BCUT2D eigenvalue weighted by atomic mass is 32.2. The summed E-state index contributed by atoms with van der Waals surface area (Å²) < 4.78 is 49.7. The van der Waals surface area contributed by atoms with Crippen molar-refractivity contribution in [2.45, 2.75) is 37.2 Å². The van der Waals surface area contributed by atoms with Crippen LogP contribution in [0.1, 0.15) is 30.6 Å². The van der Waals surface area contributed by atoms with Crippen molar-refractivity contribution in [3.8, 4) is 0 Å². The molecule has 0 saturated carbocycles. The second kappa shape index (κ2) is 6.58. The summed E-state index contributed by atoms with van der Waals surface area (Å²) in [5.74, 6) is -0.464. The van der Waals surface area contributed by atoms with Gasteiger partial charge in [-0.3, -0.25) is 4.79 Å². The predicted octanol–water partition coefficient (Wildman–Crippen LogP) is 0.290. The SMILES string of the molecule is CC(C)NC(=O)c1ccc(S(=O)(=O)NC2CCS(=O)(=O)C2)cc1. The van der Waals surface area contributed by atoms with Crippen LogP contribution in [0.4, 0.5) is 0 Å². The summed E-state index contributed by atoms with van der Waals surface area (Å²) in [6, 6.07) is 4.91. The Hall–Kier alpha value is -1.45. The molecule has 1 amide bonds. The Bertz CT molecular complexity index is 783. The molecule has 7 nitrogen and oxygen atoms in total. The first kappa shape index (κ1) is 17.9. The Balaban J connectivity index is 2.10. The number of benzene rings is 1. The van der Waals surface area contributed by atoms with Crippen LogP contribution in [0.3, 0.4) is 0 Å². The molecular weight excluding hydrogens is 340 g/mol. The monoisotopic (exact) mass is 360 g/mol. The van der Waals surface area contributed by atoms with Crippen LogP contribution < -0.4 is 10.0 Å². The number of nitrogens with one attached hydrogen (secondary N) is 2. The summed E-state index contributed by atoms with van der Waals surface area (Å²) in [4.78, 5) is 11.8. The smallest absolute Gasteiger partial charge is 0.251 e. The van der Waals surface area contributed by atoms with Gasteiger partial charge in [0.1, 0.15) is 0 Å². The van der Waals surface area contributed by atoms with E-state index >= 15 is 0 Å². The molecule has 0 aromatic heterocycles. The average molecular weight is 360 g/mol. The molecule has 1 aliphatic heterocycles. The lowest BCUT2D eigenvalue weighted by atomic mass is 10.2. The second-order valence-corrected chi connectivity index (χ2v) is 9.82. The molecule has 9 heteroatoms. The van der Waals surface area contributed by atoms with Crippen molar-refractivity contribution in [1.29, 1.82) is 0 Å². The zero-order chi connectivity index (χ0) is 17.3. The maximum absolute atomic E-state index is 12.3. The number of hydrogen-bond donors (Lipinski definition) is 2. The number of hydrogen-bond acceptors (Lipinski definition) is 5. The normalized spacial score (nSPS) is 20.6. The van der Waals surface area contributed by atoms with Gasteiger partial charge in [-0.15, -0.1) is 0 Å². The van der Waals surface area contributed by atoms with Crippen LogP contribution in [-0.4, -0.2) is 46.3 Å². The van der Waals surface area contributed by atoms with Gasteiger partial charge in [-0.2, -0.15) is 0 Å². The Morgan fingerprint density at radius 1 is 1.22 bits per heavy atom. The molecule has 1 heterocycles. The molecule has 1 atom stereocenters. The number of carbonyl (C=O) groups is 1. The molecule has 1 unspecified atom stereocenters. The molecule has 128 valence electrons. The van der Waals surface area contributed by atoms with E-state index in [1.165, 1.54) is 24.3 Å². The third-order valence-corrected chi connectivity index (χ3v) is 6.71. The maximum Gasteiger partial charge on any atom is 0.251 e. The zero-order valence-electron chi connectivity index (χ0n) is 12.9. The molecule has 23 heavy (non-hydrogen) atoms. The number of sulfone groups is 1. The van der Waals surface area contributed by atoms with Crippen molar-refractivity contribution in [3.05, 3.63) is 29.8 Å². The number of sulfonamides is 1. The fourth-order valence-corrected chi connectivity index (χ4v) is 5.36. The van der Waals surface area contributed by atoms with Crippen LogP contribution in [0.25, 0.3) is 0 Å². The molecule has 1 aromatic rings. The van der Waals surface area contributed by atoms with Crippen molar-refractivity contribution in [1.82, 2.24) is 10.0 Å². The summed E-state index contributed by atoms with van der Waals surface area (Å²) in [6.45, 7) is 3.66. The molecule has 0 spiro atoms. The highest BCUT2D eigenvalue weighted by Gasteiger charge is 2.31. The van der Waals surface area contributed by atoms with Crippen LogP contribution in [-0.2, 0) is 19.9 Å². The van der Waals surface area contributed by atoms with E-state index in [9.17, 15) is 21.6 Å². The summed E-state index contributed by atoms with van der Waals surface area (Å²) in [5.41, 5.74) is 0.362. The highest BCUT2D eigenvalue weighted by Crippen LogP contribution is 2.16. The Morgan fingerprint density at radius 2 is 1.83 bits per heavy atom. The van der Waals surface area contributed by atoms with Crippen LogP contribution >= 0.6 is 0 Å². The topological polar surface area (TPSA) is 109 Å². The summed E-state index contributed by atoms with van der Waals surface area (Å²) in [5, 5.41) is 2.71. The average Bonchev–Trinajstić information content (AvgIpc) is 2.76. The zero-order valence-corrected chi connectivity index (χ0v) is 14.6. The van der Waals surface area contributed by atoms with Gasteiger partial charge in [-0.25, -0.2) is 21.6 Å². The van der Waals surface area contributed by atoms with E-state index in [0.717, 1.165) is 0 Å². The van der Waals surface area contributed by atoms with Gasteiger partial charge in [0.2, 0.25) is 10.0 Å². The lowest BCUT2D eigenvalue weighted by Crippen LogP contribution is -2.35. The minimum absolute atomic E-state index is 0.00268. The lowest BCUT2D eigenvalue weighted by molar-refractivity contribution is 0.0943. The summed E-state index contributed by atoms with van der Waals surface area (Å²) >= 11 is 0. The number of amides is 1. The predicted molar refractivity (Wildman–Crippen MR) is 86.4 cm³/mol. The molecular formula is C14H20N2O5S2. The van der Waals surface area contributed by atoms with Gasteiger partial charge in [0.15, 0.2) is 9.84 Å². The lowest BCUT2D eigenvalue weighted by Gasteiger charge is -2.12. The third kappa shape index (κ3) is 4.76. The highest BCUT2D eigenvalue weighted by molar-refractivity contribution is 7.92. The van der Waals surface area contributed by atoms with Gasteiger partial charge in [0.25, 0.3) is 5.91 Å². The van der Waals surface area contributed by atoms with Crippen molar-refractivity contribution in [3.63, 3.8) is 0 Å². The Morgan fingerprint density at radius 3 is 2.30 bits per heavy atom. The standard InChI is InChI=1S/C14H20N2O5S2/c1-10(2)15-14(17)11-3-5-13(6-4-11)23(20,21)16-12-7-8-22(18,19)9-12/h3-6,10,12,16H,7-9H2,1-2H3,(H,15,17). The largest absolute Gasteiger partial charge is 0.350 e. The van der Waals surface area contributed by atoms with Gasteiger partial charge in [0, 0.05) is 17.6 Å². The van der Waals surface area contributed by atoms with Gasteiger partial charge < -0.3 is 5.32 Å². The van der Waals surface area contributed by atoms with E-state index in [4.69, 9.17) is 0 Å². The van der Waals surface area contributed by atoms with E-state index in [1.807, 2.05) is 13.8 Å². The van der Waals surface area contributed by atoms with E-state index in [0.29, 0.717) is 5.56 Å². The fourth-order valence-electron chi connectivity index (χ4n) is 2.31. The van der Waals surface area contributed by atoms with Gasteiger partial charge in [-0.05, 0) is 44.5 Å². The molecule has 2 rings (SSSR count). The van der Waals surface area contributed by atoms with Crippen LogP contribution in [0.15, 0.2) is 29.2 Å². The van der Waals surface area contributed by atoms with Crippen LogP contribution in [0.2, 0.25) is 0 Å². The van der Waals surface area contributed by atoms with Gasteiger partial charge in [0.05, 0.1) is 16.4 Å². The van der Waals surface area contributed by atoms with Crippen molar-refractivity contribution in [2.75, 3.05) is 11.5 Å². The fraction of sp³-hybridized carbons (Fsp3) is 0.500. The first-order valence-corrected chi connectivity index (χ1v) is 10.5. The summed E-state index contributed by atoms with van der Waals surface area (Å²) in [6.07, 6.45) is 0.274. The van der Waals surface area contributed by atoms with Gasteiger partial charge in [-0.1, -0.05) is 0 Å². The molecule has 0 aliphatic carbocycles. The van der Waals surface area contributed by atoms with Gasteiger partial charge >= 0.3 is 0 Å². The minimum atomic E-state index is -3.81. The third-order valence-electron chi connectivity index (χ3n) is 3.40. The number of carbonyl (C=O) groups excluding carboxylic acids is 1. The Labute approximate surface area is 136 Å². The van der Waals surface area contributed by atoms with E-state index < -0.39 is 25.9 Å². The quantitative estimate of drug-likeness (QED) is 0.784. The Kier molecular flexibility index (Phi) is 5.12. The molecule has 2 N–H and O–H groups in total.